The first-order chi connectivity index (χ1) is 9.86. The maximum atomic E-state index is 12.0. The molecule has 1 aromatic carbocycles. The van der Waals surface area contributed by atoms with Crippen LogP contribution in [0.3, 0.4) is 0 Å². The third-order valence-electron chi connectivity index (χ3n) is 3.19. The Morgan fingerprint density at radius 1 is 1.24 bits per heavy atom. The Bertz CT molecular complexity index is 454. The number of aliphatic hydroxyl groups excluding tert-OH is 1. The zero-order valence-corrected chi connectivity index (χ0v) is 13.5. The monoisotopic (exact) mass is 294 g/mol. The van der Waals surface area contributed by atoms with Gasteiger partial charge in [0.05, 0.1) is 24.7 Å². The minimum absolute atomic E-state index is 0.0197. The number of carbonyl (C=O) groups excluding carboxylic acids is 1. The van der Waals surface area contributed by atoms with Gasteiger partial charge in [-0.2, -0.15) is 0 Å². The molecular formula is C17H26O4. The number of esters is 1. The molecule has 0 bridgehead atoms. The van der Waals surface area contributed by atoms with Gasteiger partial charge in [0.1, 0.15) is 5.75 Å². The Kier molecular flexibility index (Phi) is 6.69. The average Bonchev–Trinajstić information content (AvgIpc) is 2.38. The van der Waals surface area contributed by atoms with Gasteiger partial charge in [-0.1, -0.05) is 26.0 Å². The maximum Gasteiger partial charge on any atom is 0.312 e. The predicted octanol–water partition coefficient (Wildman–Crippen LogP) is 3.34. The summed E-state index contributed by atoms with van der Waals surface area (Å²) in [5, 5.41) is 10.5. The van der Waals surface area contributed by atoms with Crippen LogP contribution in [0.25, 0.3) is 0 Å². The predicted molar refractivity (Wildman–Crippen MR) is 82.1 cm³/mol. The molecule has 0 aliphatic rings. The molecule has 0 saturated heterocycles. The molecule has 1 N–H and O–H groups in total. The Morgan fingerprint density at radius 2 is 1.90 bits per heavy atom. The summed E-state index contributed by atoms with van der Waals surface area (Å²) in [4.78, 5) is 12.0. The summed E-state index contributed by atoms with van der Waals surface area (Å²) in [6.45, 7) is 9.76. The van der Waals surface area contributed by atoms with E-state index in [1.807, 2.05) is 39.8 Å². The zero-order chi connectivity index (χ0) is 16.0. The molecule has 2 unspecified atom stereocenters. The number of hydrogen-bond donors (Lipinski definition) is 1. The van der Waals surface area contributed by atoms with E-state index in [1.54, 1.807) is 19.1 Å². The normalized spacial score (nSPS) is 14.1. The van der Waals surface area contributed by atoms with Gasteiger partial charge < -0.3 is 14.6 Å². The SMILES string of the molecule is CCOC(=O)C(C(C)C)C(O)c1cccc(OC(C)C)c1. The molecule has 118 valence electrons. The molecule has 0 spiro atoms. The Labute approximate surface area is 127 Å². The molecule has 21 heavy (non-hydrogen) atoms. The van der Waals surface area contributed by atoms with Crippen LogP contribution in [0.2, 0.25) is 0 Å². The third kappa shape index (κ3) is 5.05. The number of hydrogen-bond acceptors (Lipinski definition) is 4. The summed E-state index contributed by atoms with van der Waals surface area (Å²) in [5.41, 5.74) is 0.667. The second kappa shape index (κ2) is 8.03. The fourth-order valence-electron chi connectivity index (χ4n) is 2.26. The van der Waals surface area contributed by atoms with Gasteiger partial charge in [0.25, 0.3) is 0 Å². The van der Waals surface area contributed by atoms with E-state index in [1.165, 1.54) is 0 Å². The van der Waals surface area contributed by atoms with E-state index in [0.29, 0.717) is 17.9 Å². The largest absolute Gasteiger partial charge is 0.491 e. The summed E-state index contributed by atoms with van der Waals surface area (Å²) in [6.07, 6.45) is -0.844. The van der Waals surface area contributed by atoms with Crippen molar-refractivity contribution in [1.29, 1.82) is 0 Å². The molecular weight excluding hydrogens is 268 g/mol. The van der Waals surface area contributed by atoms with Crippen LogP contribution in [0.4, 0.5) is 0 Å². The highest BCUT2D eigenvalue weighted by Crippen LogP contribution is 2.31. The fourth-order valence-corrected chi connectivity index (χ4v) is 2.26. The maximum absolute atomic E-state index is 12.0. The van der Waals surface area contributed by atoms with E-state index in [2.05, 4.69) is 0 Å². The fraction of sp³-hybridized carbons (Fsp3) is 0.588. The smallest absolute Gasteiger partial charge is 0.312 e. The highest BCUT2D eigenvalue weighted by molar-refractivity contribution is 5.73. The lowest BCUT2D eigenvalue weighted by atomic mass is 9.86. The standard InChI is InChI=1S/C17H26O4/c1-6-20-17(19)15(11(2)3)16(18)13-8-7-9-14(10-13)21-12(4)5/h7-12,15-16,18H,6H2,1-5H3. The van der Waals surface area contributed by atoms with Crippen molar-refractivity contribution in [2.45, 2.75) is 46.8 Å². The highest BCUT2D eigenvalue weighted by Gasteiger charge is 2.32. The van der Waals surface area contributed by atoms with Gasteiger partial charge in [0, 0.05) is 0 Å². The summed E-state index contributed by atoms with van der Waals surface area (Å²) < 4.78 is 10.7. The Morgan fingerprint density at radius 3 is 2.43 bits per heavy atom. The molecule has 0 aromatic heterocycles. The number of rotatable bonds is 7. The van der Waals surface area contributed by atoms with Crippen molar-refractivity contribution >= 4 is 5.97 Å². The van der Waals surface area contributed by atoms with Crippen LogP contribution in [-0.2, 0) is 9.53 Å². The van der Waals surface area contributed by atoms with Crippen LogP contribution in [0.1, 0.15) is 46.3 Å². The van der Waals surface area contributed by atoms with E-state index in [0.717, 1.165) is 0 Å². The summed E-state index contributed by atoms with van der Waals surface area (Å²) >= 11 is 0. The molecule has 0 amide bonds. The van der Waals surface area contributed by atoms with Crippen molar-refractivity contribution in [3.63, 3.8) is 0 Å². The Hall–Kier alpha value is -1.55. The lowest BCUT2D eigenvalue weighted by Crippen LogP contribution is -2.29. The molecule has 0 fully saturated rings. The van der Waals surface area contributed by atoms with E-state index >= 15 is 0 Å². The number of benzene rings is 1. The lowest BCUT2D eigenvalue weighted by Gasteiger charge is -2.25. The van der Waals surface area contributed by atoms with Crippen LogP contribution in [-0.4, -0.2) is 23.8 Å². The molecule has 0 aliphatic carbocycles. The summed E-state index contributed by atoms with van der Waals surface area (Å²) in [6, 6.07) is 7.23. The lowest BCUT2D eigenvalue weighted by molar-refractivity contribution is -0.154. The number of ether oxygens (including phenoxy) is 2. The first-order valence-electron chi connectivity index (χ1n) is 7.48. The van der Waals surface area contributed by atoms with Crippen LogP contribution in [0.15, 0.2) is 24.3 Å². The molecule has 1 rings (SSSR count). The minimum atomic E-state index is -0.903. The molecule has 0 saturated carbocycles. The second-order valence-electron chi connectivity index (χ2n) is 5.71. The van der Waals surface area contributed by atoms with Gasteiger partial charge >= 0.3 is 5.97 Å². The molecule has 0 heterocycles. The van der Waals surface area contributed by atoms with Gasteiger partial charge in [-0.05, 0) is 44.4 Å². The number of carbonyl (C=O) groups is 1. The van der Waals surface area contributed by atoms with Crippen molar-refractivity contribution in [2.24, 2.45) is 11.8 Å². The van der Waals surface area contributed by atoms with E-state index in [9.17, 15) is 9.90 Å². The van der Waals surface area contributed by atoms with Crippen LogP contribution < -0.4 is 4.74 Å². The molecule has 4 heteroatoms. The van der Waals surface area contributed by atoms with Crippen molar-refractivity contribution in [3.05, 3.63) is 29.8 Å². The molecule has 4 nitrogen and oxygen atoms in total. The van der Waals surface area contributed by atoms with E-state index < -0.39 is 12.0 Å². The van der Waals surface area contributed by atoms with Crippen molar-refractivity contribution in [3.8, 4) is 5.75 Å². The highest BCUT2D eigenvalue weighted by atomic mass is 16.5. The minimum Gasteiger partial charge on any atom is -0.491 e. The quantitative estimate of drug-likeness (QED) is 0.784. The van der Waals surface area contributed by atoms with E-state index in [4.69, 9.17) is 9.47 Å². The third-order valence-corrected chi connectivity index (χ3v) is 3.19. The van der Waals surface area contributed by atoms with Crippen molar-refractivity contribution < 1.29 is 19.4 Å². The van der Waals surface area contributed by atoms with Crippen LogP contribution in [0, 0.1) is 11.8 Å². The van der Waals surface area contributed by atoms with E-state index in [-0.39, 0.29) is 18.0 Å². The number of aliphatic hydroxyl groups is 1. The summed E-state index contributed by atoms with van der Waals surface area (Å²) in [5.74, 6) is -0.281. The van der Waals surface area contributed by atoms with Crippen molar-refractivity contribution in [1.82, 2.24) is 0 Å². The molecule has 0 radical (unpaired) electrons. The average molecular weight is 294 g/mol. The summed E-state index contributed by atoms with van der Waals surface area (Å²) in [7, 11) is 0. The van der Waals surface area contributed by atoms with Crippen molar-refractivity contribution in [2.75, 3.05) is 6.61 Å². The topological polar surface area (TPSA) is 55.8 Å². The van der Waals surface area contributed by atoms with Gasteiger partial charge in [-0.15, -0.1) is 0 Å². The first kappa shape index (κ1) is 17.5. The zero-order valence-electron chi connectivity index (χ0n) is 13.5. The van der Waals surface area contributed by atoms with Gasteiger partial charge in [-0.25, -0.2) is 0 Å². The second-order valence-corrected chi connectivity index (χ2v) is 5.71. The molecule has 0 aliphatic heterocycles. The van der Waals surface area contributed by atoms with Gasteiger partial charge in [-0.3, -0.25) is 4.79 Å². The molecule has 1 aromatic rings. The first-order valence-corrected chi connectivity index (χ1v) is 7.48. The molecule has 2 atom stereocenters. The van der Waals surface area contributed by atoms with Gasteiger partial charge in [0.2, 0.25) is 0 Å². The Balaban J connectivity index is 2.98. The van der Waals surface area contributed by atoms with Crippen LogP contribution >= 0.6 is 0 Å². The van der Waals surface area contributed by atoms with Crippen LogP contribution in [0.5, 0.6) is 5.75 Å². The van der Waals surface area contributed by atoms with Gasteiger partial charge in [0.15, 0.2) is 0 Å².